The molecule has 2 atom stereocenters. The van der Waals surface area contributed by atoms with Crippen LogP contribution in [0, 0.1) is 12.7 Å². The maximum Gasteiger partial charge on any atom is 0.339 e. The highest BCUT2D eigenvalue weighted by molar-refractivity contribution is 5.81. The molecule has 0 N–H and O–H groups in total. The van der Waals surface area contributed by atoms with Crippen molar-refractivity contribution in [1.82, 2.24) is 9.38 Å². The lowest BCUT2D eigenvalue weighted by Gasteiger charge is -2.41. The Morgan fingerprint density at radius 3 is 2.56 bits per heavy atom. The largest absolute Gasteiger partial charge is 0.490 e. The minimum Gasteiger partial charge on any atom is -0.490 e. The molecule has 9 heteroatoms. The van der Waals surface area contributed by atoms with Crippen molar-refractivity contribution in [1.29, 1.82) is 0 Å². The van der Waals surface area contributed by atoms with Crippen LogP contribution in [0.25, 0.3) is 28.0 Å². The molecule has 3 aliphatic heterocycles. The number of aromatic nitrogens is 2. The van der Waals surface area contributed by atoms with Gasteiger partial charge in [0.1, 0.15) is 23.0 Å². The van der Waals surface area contributed by atoms with Gasteiger partial charge in [-0.25, -0.2) is 14.2 Å². The third-order valence-corrected chi connectivity index (χ3v) is 9.15. The van der Waals surface area contributed by atoms with E-state index in [0.717, 1.165) is 70.9 Å². The van der Waals surface area contributed by atoms with Gasteiger partial charge in [-0.3, -0.25) is 4.40 Å². The van der Waals surface area contributed by atoms with Crippen LogP contribution in [-0.2, 0) is 19.0 Å². The number of anilines is 1. The lowest BCUT2D eigenvalue weighted by Crippen LogP contribution is -2.45. The monoisotopic (exact) mass is 655 g/mol. The first kappa shape index (κ1) is 33.7. The van der Waals surface area contributed by atoms with E-state index in [0.29, 0.717) is 18.8 Å². The van der Waals surface area contributed by atoms with Crippen LogP contribution in [0.1, 0.15) is 71.1 Å². The molecule has 254 valence electrons. The second kappa shape index (κ2) is 13.4. The number of carbonyl (C=O) groups is 1. The first-order valence-electron chi connectivity index (χ1n) is 16.7. The number of rotatable bonds is 3. The number of piperidine rings is 1. The summed E-state index contributed by atoms with van der Waals surface area (Å²) in [5, 5.41) is 0. The molecule has 4 aromatic rings. The number of hydrogen-bond acceptors (Lipinski definition) is 7. The lowest BCUT2D eigenvalue weighted by atomic mass is 9.92. The van der Waals surface area contributed by atoms with Gasteiger partial charge < -0.3 is 23.8 Å². The Kier molecular flexibility index (Phi) is 9.37. The Balaban J connectivity index is 1.55. The van der Waals surface area contributed by atoms with E-state index < -0.39 is 17.7 Å². The number of carbonyl (C=O) groups excluding carboxylic acids is 1. The van der Waals surface area contributed by atoms with Gasteiger partial charge in [-0.05, 0) is 89.8 Å². The Labute approximate surface area is 282 Å². The summed E-state index contributed by atoms with van der Waals surface area (Å²) >= 11 is 0. The topological polar surface area (TPSA) is 74.5 Å². The maximum absolute atomic E-state index is 14.5. The van der Waals surface area contributed by atoms with Gasteiger partial charge in [0.2, 0.25) is 0 Å². The number of benzene rings is 2. The Morgan fingerprint density at radius 2 is 1.83 bits per heavy atom. The molecule has 2 aromatic carbocycles. The summed E-state index contributed by atoms with van der Waals surface area (Å²) in [6.07, 6.45) is 7.26. The molecular weight excluding hydrogens is 609 g/mol. The predicted octanol–water partition coefficient (Wildman–Crippen LogP) is 8.25. The average Bonchev–Trinajstić information content (AvgIpc) is 3.46. The number of pyridine rings is 1. The van der Waals surface area contributed by atoms with Crippen LogP contribution >= 0.6 is 0 Å². The molecule has 0 spiro atoms. The highest BCUT2D eigenvalue weighted by Crippen LogP contribution is 2.40. The molecule has 0 unspecified atom stereocenters. The van der Waals surface area contributed by atoms with E-state index in [1.165, 1.54) is 19.2 Å². The lowest BCUT2D eigenvalue weighted by molar-refractivity contribution is -0.164. The summed E-state index contributed by atoms with van der Waals surface area (Å²) in [7, 11) is 1.40. The average molecular weight is 656 g/mol. The molecule has 1 fully saturated rings. The molecule has 0 radical (unpaired) electrons. The molecule has 0 amide bonds. The van der Waals surface area contributed by atoms with Crippen LogP contribution in [0.2, 0.25) is 0 Å². The Bertz CT molecular complexity index is 1830. The van der Waals surface area contributed by atoms with Crippen molar-refractivity contribution in [2.24, 2.45) is 0 Å². The first-order chi connectivity index (χ1) is 22.8. The maximum atomic E-state index is 14.5. The number of halogens is 1. The number of ether oxygens (including phenoxy) is 4. The number of imidazole rings is 1. The van der Waals surface area contributed by atoms with Crippen molar-refractivity contribution in [3.8, 4) is 28.1 Å². The number of esters is 1. The number of nitrogens with zero attached hydrogens (tertiary/aromatic N) is 3. The van der Waals surface area contributed by atoms with E-state index in [2.05, 4.69) is 28.4 Å². The summed E-state index contributed by atoms with van der Waals surface area (Å²) in [5.41, 5.74) is 4.84. The predicted molar refractivity (Wildman–Crippen MR) is 186 cm³/mol. The molecule has 0 saturated carbocycles. The van der Waals surface area contributed by atoms with Crippen molar-refractivity contribution in [2.75, 3.05) is 31.7 Å². The van der Waals surface area contributed by atoms with E-state index >= 15 is 0 Å². The zero-order valence-corrected chi connectivity index (χ0v) is 29.0. The van der Waals surface area contributed by atoms with Crippen molar-refractivity contribution in [2.45, 2.75) is 84.2 Å². The van der Waals surface area contributed by atoms with Crippen molar-refractivity contribution >= 4 is 17.4 Å². The van der Waals surface area contributed by atoms with Gasteiger partial charge >= 0.3 is 5.97 Å². The summed E-state index contributed by atoms with van der Waals surface area (Å²) < 4.78 is 41.0. The van der Waals surface area contributed by atoms with Gasteiger partial charge in [-0.15, -0.1) is 0 Å². The summed E-state index contributed by atoms with van der Waals surface area (Å²) in [6, 6.07) is 14.7. The smallest absolute Gasteiger partial charge is 0.339 e. The molecule has 8 nitrogen and oxygen atoms in total. The second-order valence-electron chi connectivity index (χ2n) is 14.2. The standard InChI is InChI=1S/C39H46FN3O5/c1-25-21-33-41-31-24-43(33)36(34(25)35(37(44)45-7)48-38(3,4)5)42-18-16-39(6,17-19-42)46-20-9-8-11-26(2)47-32-23-29(40)14-15-30(32)27-12-10-13-28(31)22-27/h8-10,12-15,21-24,26,35H,11,16-20H2,1-7H3/b9-8+/t26-,35-/m0/s1. The van der Waals surface area contributed by atoms with Gasteiger partial charge in [0, 0.05) is 48.5 Å². The molecule has 0 aliphatic carbocycles. The van der Waals surface area contributed by atoms with E-state index in [9.17, 15) is 9.18 Å². The fourth-order valence-electron chi connectivity index (χ4n) is 6.60. The second-order valence-corrected chi connectivity index (χ2v) is 14.2. The first-order valence-corrected chi connectivity index (χ1v) is 16.7. The van der Waals surface area contributed by atoms with Crippen LogP contribution in [0.5, 0.6) is 5.75 Å². The van der Waals surface area contributed by atoms with Crippen LogP contribution in [0.4, 0.5) is 10.2 Å². The summed E-state index contributed by atoms with van der Waals surface area (Å²) in [4.78, 5) is 20.8. The van der Waals surface area contributed by atoms with E-state index in [1.54, 1.807) is 6.07 Å². The van der Waals surface area contributed by atoms with Gasteiger partial charge in [0.15, 0.2) is 6.10 Å². The number of aryl methyl sites for hydroxylation is 1. The third-order valence-electron chi connectivity index (χ3n) is 9.15. The zero-order chi connectivity index (χ0) is 34.2. The Hall–Kier alpha value is -4.21. The SMILES string of the molecule is COC(=O)[C@@H](OC(C)(C)C)c1c(C)cc2nc3cn2c1N1CCC(C)(CC1)OC/C=C/C[C@H](C)Oc1cc(F)ccc1-c1cccc-3c1. The molecule has 1 saturated heterocycles. The van der Waals surface area contributed by atoms with Crippen molar-refractivity contribution in [3.63, 3.8) is 0 Å². The van der Waals surface area contributed by atoms with Crippen LogP contribution < -0.4 is 9.64 Å². The number of methoxy groups -OCH3 is 1. The normalized spacial score (nSPS) is 21.4. The molecule has 6 bridgehead atoms. The molecule has 48 heavy (non-hydrogen) atoms. The van der Waals surface area contributed by atoms with Gasteiger partial charge in [0.25, 0.3) is 0 Å². The van der Waals surface area contributed by atoms with Gasteiger partial charge in [-0.2, -0.15) is 0 Å². The van der Waals surface area contributed by atoms with Gasteiger partial charge in [-0.1, -0.05) is 30.4 Å². The summed E-state index contributed by atoms with van der Waals surface area (Å²) in [6.45, 7) is 13.9. The molecule has 3 aliphatic rings. The summed E-state index contributed by atoms with van der Waals surface area (Å²) in [5.74, 6) is 0.543. The highest BCUT2D eigenvalue weighted by Gasteiger charge is 2.37. The molecule has 7 rings (SSSR count). The minimum absolute atomic E-state index is 0.167. The molecular formula is C39H46FN3O5. The fourth-order valence-corrected chi connectivity index (χ4v) is 6.60. The highest BCUT2D eigenvalue weighted by atomic mass is 19.1. The van der Waals surface area contributed by atoms with Crippen LogP contribution in [-0.4, -0.2) is 59.5 Å². The van der Waals surface area contributed by atoms with E-state index in [4.69, 9.17) is 23.9 Å². The Morgan fingerprint density at radius 1 is 1.08 bits per heavy atom. The molecule has 5 heterocycles. The van der Waals surface area contributed by atoms with Crippen LogP contribution in [0.15, 0.2) is 66.9 Å². The van der Waals surface area contributed by atoms with Crippen LogP contribution in [0.3, 0.4) is 0 Å². The van der Waals surface area contributed by atoms with E-state index in [-0.39, 0.29) is 17.5 Å². The number of hydrogen-bond donors (Lipinski definition) is 0. The number of fused-ring (bicyclic) bond motifs is 7. The van der Waals surface area contributed by atoms with Crippen molar-refractivity contribution in [3.05, 3.63) is 83.8 Å². The third kappa shape index (κ3) is 7.12. The quantitative estimate of drug-likeness (QED) is 0.163. The minimum atomic E-state index is -0.942. The fraction of sp³-hybridized carbons (Fsp3) is 0.436. The van der Waals surface area contributed by atoms with Gasteiger partial charge in [0.05, 0.1) is 36.7 Å². The molecule has 2 aromatic heterocycles. The van der Waals surface area contributed by atoms with E-state index in [1.807, 2.05) is 71.2 Å². The zero-order valence-electron chi connectivity index (χ0n) is 29.0. The van der Waals surface area contributed by atoms with Crippen molar-refractivity contribution < 1.29 is 28.1 Å².